The Balaban J connectivity index is 1.48. The molecule has 0 aliphatic carbocycles. The maximum Gasteiger partial charge on any atom is 0.177 e. The van der Waals surface area contributed by atoms with Gasteiger partial charge >= 0.3 is 0 Å². The fourth-order valence-electron chi connectivity index (χ4n) is 3.80. The van der Waals surface area contributed by atoms with Crippen molar-refractivity contribution in [3.63, 3.8) is 0 Å². The summed E-state index contributed by atoms with van der Waals surface area (Å²) in [5, 5.41) is 9.07. The quantitative estimate of drug-likeness (QED) is 0.638. The molecule has 0 bridgehead atoms. The van der Waals surface area contributed by atoms with Crippen molar-refractivity contribution in [2.45, 2.75) is 38.8 Å². The van der Waals surface area contributed by atoms with Gasteiger partial charge in [0, 0.05) is 44.1 Å². The fraction of sp³-hybridized carbons (Fsp3) is 0.476. The number of carbonyl (C=O) groups is 1. The minimum absolute atomic E-state index is 0.0964. The van der Waals surface area contributed by atoms with Gasteiger partial charge < -0.3 is 4.90 Å². The molecule has 4 rings (SSSR count). The molecule has 8 heteroatoms. The highest BCUT2D eigenvalue weighted by atomic mass is 19.1. The summed E-state index contributed by atoms with van der Waals surface area (Å²) in [6.45, 7) is 6.45. The Morgan fingerprint density at radius 3 is 2.62 bits per heavy atom. The molecule has 0 atom stereocenters. The SMILES string of the molecule is CC(C)CN1CCC(F)(C(=O)Cc2ncc3ccc(-n4nccn4)cc3n2)CC1. The van der Waals surface area contributed by atoms with E-state index < -0.39 is 11.5 Å². The Morgan fingerprint density at radius 1 is 1.21 bits per heavy atom. The molecular weight excluding hydrogens is 371 g/mol. The molecule has 29 heavy (non-hydrogen) atoms. The molecule has 0 saturated carbocycles. The highest BCUT2D eigenvalue weighted by molar-refractivity contribution is 5.89. The number of nitrogens with zero attached hydrogens (tertiary/aromatic N) is 6. The van der Waals surface area contributed by atoms with Crippen LogP contribution in [0.1, 0.15) is 32.5 Å². The lowest BCUT2D eigenvalue weighted by Gasteiger charge is -2.36. The van der Waals surface area contributed by atoms with E-state index in [0.717, 1.165) is 17.6 Å². The van der Waals surface area contributed by atoms with Crippen LogP contribution < -0.4 is 0 Å². The summed E-state index contributed by atoms with van der Waals surface area (Å²) in [4.78, 5) is 25.2. The fourth-order valence-corrected chi connectivity index (χ4v) is 3.80. The highest BCUT2D eigenvalue weighted by Crippen LogP contribution is 2.29. The van der Waals surface area contributed by atoms with Crippen molar-refractivity contribution >= 4 is 16.7 Å². The first kappa shape index (κ1) is 19.6. The standard InChI is InChI=1S/C21H25FN6O/c1-15(2)14-27-9-5-21(22,6-10-27)19(29)12-20-23-13-16-3-4-17(11-18(16)26-20)28-24-7-8-25-28/h3-4,7-8,11,13,15H,5-6,9-10,12,14H2,1-2H3. The Hall–Kier alpha value is -2.74. The van der Waals surface area contributed by atoms with Crippen molar-refractivity contribution in [3.05, 3.63) is 42.6 Å². The summed E-state index contributed by atoms with van der Waals surface area (Å²) >= 11 is 0. The zero-order valence-electron chi connectivity index (χ0n) is 16.8. The Labute approximate surface area is 169 Å². The molecule has 152 valence electrons. The maximum atomic E-state index is 15.3. The van der Waals surface area contributed by atoms with Crippen LogP contribution in [0.4, 0.5) is 4.39 Å². The van der Waals surface area contributed by atoms with E-state index in [-0.39, 0.29) is 19.3 Å². The van der Waals surface area contributed by atoms with Crippen LogP contribution in [0.25, 0.3) is 16.6 Å². The van der Waals surface area contributed by atoms with E-state index in [0.29, 0.717) is 30.3 Å². The van der Waals surface area contributed by atoms with Crippen molar-refractivity contribution in [3.8, 4) is 5.69 Å². The Kier molecular flexibility index (Phi) is 5.36. The number of hydrogen-bond acceptors (Lipinski definition) is 6. The third-order valence-corrected chi connectivity index (χ3v) is 5.36. The summed E-state index contributed by atoms with van der Waals surface area (Å²) in [7, 11) is 0. The van der Waals surface area contributed by atoms with Crippen LogP contribution >= 0.6 is 0 Å². The van der Waals surface area contributed by atoms with Gasteiger partial charge in [-0.05, 0) is 24.1 Å². The third kappa shape index (κ3) is 4.32. The second-order valence-electron chi connectivity index (χ2n) is 8.11. The third-order valence-electron chi connectivity index (χ3n) is 5.36. The van der Waals surface area contributed by atoms with Crippen LogP contribution in [0.2, 0.25) is 0 Å². The topological polar surface area (TPSA) is 76.8 Å². The molecule has 1 fully saturated rings. The Morgan fingerprint density at radius 2 is 1.93 bits per heavy atom. The van der Waals surface area contributed by atoms with E-state index in [1.54, 1.807) is 18.6 Å². The van der Waals surface area contributed by atoms with Crippen LogP contribution in [-0.2, 0) is 11.2 Å². The van der Waals surface area contributed by atoms with Gasteiger partial charge in [-0.1, -0.05) is 13.8 Å². The summed E-state index contributed by atoms with van der Waals surface area (Å²) in [6.07, 6.45) is 5.24. The molecule has 0 N–H and O–H groups in total. The largest absolute Gasteiger partial charge is 0.303 e. The van der Waals surface area contributed by atoms with Crippen molar-refractivity contribution in [1.29, 1.82) is 0 Å². The zero-order chi connectivity index (χ0) is 20.4. The number of rotatable bonds is 6. The van der Waals surface area contributed by atoms with E-state index >= 15 is 4.39 Å². The molecule has 1 aromatic carbocycles. The number of fused-ring (bicyclic) bond motifs is 1. The Bertz CT molecular complexity index is 996. The van der Waals surface area contributed by atoms with Gasteiger partial charge in [0.25, 0.3) is 0 Å². The lowest BCUT2D eigenvalue weighted by Crippen LogP contribution is -2.47. The first-order valence-corrected chi connectivity index (χ1v) is 10.00. The summed E-state index contributed by atoms with van der Waals surface area (Å²) in [6, 6.07) is 5.58. The zero-order valence-corrected chi connectivity index (χ0v) is 16.8. The number of likely N-dealkylation sites (tertiary alicyclic amines) is 1. The summed E-state index contributed by atoms with van der Waals surface area (Å²) in [5.41, 5.74) is -0.345. The number of ketones is 1. The molecule has 0 unspecified atom stereocenters. The molecule has 1 aliphatic heterocycles. The van der Waals surface area contributed by atoms with Crippen molar-refractivity contribution in [2.24, 2.45) is 5.92 Å². The first-order chi connectivity index (χ1) is 13.9. The monoisotopic (exact) mass is 396 g/mol. The van der Waals surface area contributed by atoms with E-state index in [2.05, 4.69) is 38.9 Å². The number of alkyl halides is 1. The van der Waals surface area contributed by atoms with Gasteiger partial charge in [-0.15, -0.1) is 0 Å². The summed E-state index contributed by atoms with van der Waals surface area (Å²) < 4.78 is 15.3. The van der Waals surface area contributed by atoms with Crippen LogP contribution in [0.3, 0.4) is 0 Å². The van der Waals surface area contributed by atoms with Crippen molar-refractivity contribution in [1.82, 2.24) is 29.9 Å². The first-order valence-electron chi connectivity index (χ1n) is 10.00. The van der Waals surface area contributed by atoms with E-state index in [1.807, 2.05) is 18.2 Å². The second-order valence-corrected chi connectivity index (χ2v) is 8.11. The van der Waals surface area contributed by atoms with Gasteiger partial charge in [0.15, 0.2) is 11.5 Å². The maximum absolute atomic E-state index is 15.3. The number of piperidine rings is 1. The lowest BCUT2D eigenvalue weighted by atomic mass is 9.87. The number of Topliss-reactive ketones (excluding diaryl/α,β-unsaturated/α-hetero) is 1. The highest BCUT2D eigenvalue weighted by Gasteiger charge is 2.41. The van der Waals surface area contributed by atoms with Gasteiger partial charge in [0.1, 0.15) is 5.82 Å². The van der Waals surface area contributed by atoms with Crippen LogP contribution in [-0.4, -0.2) is 60.9 Å². The van der Waals surface area contributed by atoms with Crippen LogP contribution in [0.5, 0.6) is 0 Å². The van der Waals surface area contributed by atoms with Gasteiger partial charge in [-0.2, -0.15) is 15.0 Å². The van der Waals surface area contributed by atoms with Gasteiger partial charge in [0.05, 0.1) is 30.0 Å². The molecular formula is C21H25FN6O. The van der Waals surface area contributed by atoms with E-state index in [1.165, 1.54) is 4.80 Å². The number of benzene rings is 1. The normalized spacial score (nSPS) is 17.1. The molecule has 0 spiro atoms. The van der Waals surface area contributed by atoms with Gasteiger partial charge in [0.2, 0.25) is 0 Å². The molecule has 3 aromatic rings. The average molecular weight is 396 g/mol. The molecule has 3 heterocycles. The minimum Gasteiger partial charge on any atom is -0.303 e. The summed E-state index contributed by atoms with van der Waals surface area (Å²) in [5.74, 6) is 0.450. The average Bonchev–Trinajstić information content (AvgIpc) is 3.24. The number of hydrogen-bond donors (Lipinski definition) is 0. The minimum atomic E-state index is -1.79. The van der Waals surface area contributed by atoms with Crippen LogP contribution in [0.15, 0.2) is 36.8 Å². The molecule has 1 aliphatic rings. The number of aromatic nitrogens is 5. The predicted octanol–water partition coefficient (Wildman–Crippen LogP) is 2.78. The molecule has 0 amide bonds. The van der Waals surface area contributed by atoms with Crippen molar-refractivity contribution in [2.75, 3.05) is 19.6 Å². The van der Waals surface area contributed by atoms with Gasteiger partial charge in [-0.3, -0.25) is 4.79 Å². The molecule has 0 radical (unpaired) electrons. The number of carbonyl (C=O) groups excluding carboxylic acids is 1. The lowest BCUT2D eigenvalue weighted by molar-refractivity contribution is -0.133. The van der Waals surface area contributed by atoms with Crippen molar-refractivity contribution < 1.29 is 9.18 Å². The van der Waals surface area contributed by atoms with E-state index in [9.17, 15) is 4.79 Å². The molecule has 2 aromatic heterocycles. The van der Waals surface area contributed by atoms with Crippen LogP contribution in [0, 0.1) is 5.92 Å². The smallest absolute Gasteiger partial charge is 0.177 e. The predicted molar refractivity (Wildman–Crippen MR) is 108 cm³/mol. The molecule has 1 saturated heterocycles. The number of halogens is 1. The second kappa shape index (κ2) is 7.94. The van der Waals surface area contributed by atoms with E-state index in [4.69, 9.17) is 0 Å². The van der Waals surface area contributed by atoms with Gasteiger partial charge in [-0.25, -0.2) is 14.4 Å². The molecule has 7 nitrogen and oxygen atoms in total.